The number of hydrogen-bond donors (Lipinski definition) is 1. The lowest BCUT2D eigenvalue weighted by molar-refractivity contribution is 0.0588. The van der Waals surface area contributed by atoms with Gasteiger partial charge >= 0.3 is 13.0 Å². The highest BCUT2D eigenvalue weighted by Gasteiger charge is 2.27. The van der Waals surface area contributed by atoms with Gasteiger partial charge in [-0.1, -0.05) is 0 Å². The van der Waals surface area contributed by atoms with Crippen molar-refractivity contribution in [1.82, 2.24) is 4.81 Å². The van der Waals surface area contributed by atoms with E-state index in [-0.39, 0.29) is 17.2 Å². The molecular formula is C15H18BBrN2O4. The molecule has 23 heavy (non-hydrogen) atoms. The molecule has 1 N–H and O–H groups in total. The van der Waals surface area contributed by atoms with Crippen LogP contribution in [0.3, 0.4) is 0 Å². The van der Waals surface area contributed by atoms with E-state index in [1.54, 1.807) is 19.0 Å². The molecule has 1 aromatic carbocycles. The van der Waals surface area contributed by atoms with E-state index in [2.05, 4.69) is 15.9 Å². The van der Waals surface area contributed by atoms with Crippen molar-refractivity contribution < 1.29 is 19.3 Å². The molecule has 0 amide bonds. The molecule has 0 radical (unpaired) electrons. The van der Waals surface area contributed by atoms with Crippen LogP contribution in [-0.2, 0) is 4.74 Å². The minimum Gasteiger partial charge on any atom is -0.489 e. The fraction of sp³-hybridized carbons (Fsp3) is 0.467. The summed E-state index contributed by atoms with van der Waals surface area (Å²) >= 11 is 3.27. The Labute approximate surface area is 144 Å². The minimum atomic E-state index is -0.598. The molecule has 1 heterocycles. The lowest BCUT2D eigenvalue weighted by Crippen LogP contribution is -2.45. The molecule has 0 bridgehead atoms. The Kier molecular flexibility index (Phi) is 6.05. The maximum Gasteiger partial charge on any atom is 0.376 e. The predicted octanol–water partition coefficient (Wildman–Crippen LogP) is 2.06. The van der Waals surface area contributed by atoms with Crippen molar-refractivity contribution in [2.24, 2.45) is 0 Å². The summed E-state index contributed by atoms with van der Waals surface area (Å²) in [5.41, 5.74) is 0.345. The van der Waals surface area contributed by atoms with E-state index in [0.29, 0.717) is 10.2 Å². The second-order valence-corrected chi connectivity index (χ2v) is 6.24. The summed E-state index contributed by atoms with van der Waals surface area (Å²) < 4.78 is 11.3. The van der Waals surface area contributed by atoms with Crippen molar-refractivity contribution in [3.63, 3.8) is 0 Å². The number of nitrogens with zero attached hydrogens (tertiary/aromatic N) is 2. The molecule has 8 heteroatoms. The highest BCUT2D eigenvalue weighted by atomic mass is 79.9. The Balaban J connectivity index is 2.21. The summed E-state index contributed by atoms with van der Waals surface area (Å²) in [7, 11) is 0.800. The molecule has 1 fully saturated rings. The predicted molar refractivity (Wildman–Crippen MR) is 89.3 cm³/mol. The van der Waals surface area contributed by atoms with Gasteiger partial charge in [0, 0.05) is 4.47 Å². The second-order valence-electron chi connectivity index (χ2n) is 5.38. The van der Waals surface area contributed by atoms with E-state index in [4.69, 9.17) is 9.47 Å². The van der Waals surface area contributed by atoms with E-state index in [1.165, 1.54) is 7.11 Å². The maximum absolute atomic E-state index is 12.0. The zero-order chi connectivity index (χ0) is 17.0. The summed E-state index contributed by atoms with van der Waals surface area (Å²) in [6.07, 6.45) is 1.41. The zero-order valence-corrected chi connectivity index (χ0v) is 14.7. The Bertz CT molecular complexity index is 625. The minimum absolute atomic E-state index is 0.0684. The molecular weight excluding hydrogens is 363 g/mol. The van der Waals surface area contributed by atoms with Crippen LogP contribution in [0.4, 0.5) is 0 Å². The Morgan fingerprint density at radius 2 is 2.13 bits per heavy atom. The number of ether oxygens (including phenoxy) is 2. The Morgan fingerprint density at radius 1 is 1.48 bits per heavy atom. The number of esters is 1. The highest BCUT2D eigenvalue weighted by Crippen LogP contribution is 2.31. The molecule has 0 aromatic heterocycles. The summed E-state index contributed by atoms with van der Waals surface area (Å²) in [4.78, 5) is 14.0. The normalized spacial score (nSPS) is 15.8. The summed E-state index contributed by atoms with van der Waals surface area (Å²) in [6, 6.07) is 5.36. The van der Waals surface area contributed by atoms with Gasteiger partial charge in [0.1, 0.15) is 23.5 Å². The van der Waals surface area contributed by atoms with Gasteiger partial charge in [0.05, 0.1) is 12.7 Å². The van der Waals surface area contributed by atoms with Gasteiger partial charge in [-0.2, -0.15) is 5.26 Å². The number of carbonyl (C=O) groups is 1. The van der Waals surface area contributed by atoms with Gasteiger partial charge in [-0.25, -0.2) is 4.79 Å². The first-order valence-electron chi connectivity index (χ1n) is 7.37. The van der Waals surface area contributed by atoms with Crippen LogP contribution >= 0.6 is 15.9 Å². The largest absolute Gasteiger partial charge is 0.489 e. The first kappa shape index (κ1) is 17.8. The van der Waals surface area contributed by atoms with Crippen molar-refractivity contribution in [1.29, 1.82) is 5.26 Å². The van der Waals surface area contributed by atoms with Gasteiger partial charge in [-0.05, 0) is 60.8 Å². The highest BCUT2D eigenvalue weighted by molar-refractivity contribution is 9.10. The van der Waals surface area contributed by atoms with Crippen LogP contribution in [0.15, 0.2) is 16.6 Å². The monoisotopic (exact) mass is 380 g/mol. The molecule has 1 aliphatic rings. The van der Waals surface area contributed by atoms with E-state index >= 15 is 0 Å². The van der Waals surface area contributed by atoms with Crippen molar-refractivity contribution in [2.75, 3.05) is 20.2 Å². The fourth-order valence-corrected chi connectivity index (χ4v) is 3.04. The average Bonchev–Trinajstić information content (AvgIpc) is 2.55. The lowest BCUT2D eigenvalue weighted by Gasteiger charge is -2.33. The topological polar surface area (TPSA) is 82.8 Å². The van der Waals surface area contributed by atoms with Gasteiger partial charge in [-0.15, -0.1) is 0 Å². The van der Waals surface area contributed by atoms with Crippen LogP contribution in [-0.4, -0.2) is 49.2 Å². The van der Waals surface area contributed by atoms with E-state index < -0.39 is 13.0 Å². The third kappa shape index (κ3) is 4.05. The number of carbonyl (C=O) groups excluding carboxylic acids is 1. The summed E-state index contributed by atoms with van der Waals surface area (Å²) in [6.45, 7) is 3.18. The molecule has 0 saturated carbocycles. The zero-order valence-electron chi connectivity index (χ0n) is 13.1. The van der Waals surface area contributed by atoms with Crippen LogP contribution in [0.1, 0.15) is 28.8 Å². The fourth-order valence-electron chi connectivity index (χ4n) is 2.62. The first-order chi connectivity index (χ1) is 11.0. The third-order valence-electron chi connectivity index (χ3n) is 3.92. The number of piperidine rings is 1. The van der Waals surface area contributed by atoms with Crippen molar-refractivity contribution in [3.05, 3.63) is 27.7 Å². The number of benzene rings is 1. The second kappa shape index (κ2) is 7.82. The van der Waals surface area contributed by atoms with Gasteiger partial charge in [0.15, 0.2) is 0 Å². The van der Waals surface area contributed by atoms with Crippen LogP contribution < -0.4 is 4.74 Å². The molecule has 0 unspecified atom stereocenters. The standard InChI is InChI=1S/C15H18BBrN2O4/c1-16(21)19-7-5-10(6-8-19)23-13-4-3-12(17)11(9-18)14(13)15(20)22-2/h3-4,10,21H,5-8H2,1-2H3. The van der Waals surface area contributed by atoms with Crippen LogP contribution in [0.2, 0.25) is 6.82 Å². The van der Waals surface area contributed by atoms with Crippen molar-refractivity contribution in [2.45, 2.75) is 25.8 Å². The Morgan fingerprint density at radius 3 is 2.65 bits per heavy atom. The van der Waals surface area contributed by atoms with Gasteiger partial charge < -0.3 is 19.3 Å². The average molecular weight is 381 g/mol. The number of rotatable bonds is 4. The molecule has 0 aliphatic carbocycles. The molecule has 1 saturated heterocycles. The van der Waals surface area contributed by atoms with Crippen LogP contribution in [0.5, 0.6) is 5.75 Å². The van der Waals surface area contributed by atoms with E-state index in [9.17, 15) is 15.1 Å². The summed E-state index contributed by atoms with van der Waals surface area (Å²) in [5.74, 6) is -0.244. The number of hydrogen-bond acceptors (Lipinski definition) is 6. The maximum atomic E-state index is 12.0. The van der Waals surface area contributed by atoms with Gasteiger partial charge in [-0.3, -0.25) is 0 Å². The molecule has 0 atom stereocenters. The first-order valence-corrected chi connectivity index (χ1v) is 8.17. The molecule has 0 spiro atoms. The van der Waals surface area contributed by atoms with Crippen molar-refractivity contribution >= 4 is 28.9 Å². The van der Waals surface area contributed by atoms with Gasteiger partial charge in [0.2, 0.25) is 0 Å². The number of halogens is 1. The van der Waals surface area contributed by atoms with Crippen LogP contribution in [0.25, 0.3) is 0 Å². The summed E-state index contributed by atoms with van der Waals surface area (Å²) in [5, 5.41) is 18.9. The molecule has 122 valence electrons. The van der Waals surface area contributed by atoms with E-state index in [0.717, 1.165) is 25.9 Å². The van der Waals surface area contributed by atoms with Crippen molar-refractivity contribution in [3.8, 4) is 11.8 Å². The molecule has 2 rings (SSSR count). The molecule has 6 nitrogen and oxygen atoms in total. The van der Waals surface area contributed by atoms with E-state index in [1.807, 2.05) is 10.9 Å². The SMILES string of the molecule is COC(=O)c1c(OC2CCN(B(C)O)CC2)ccc(Br)c1C#N. The number of nitriles is 1. The molecule has 1 aromatic rings. The third-order valence-corrected chi connectivity index (χ3v) is 4.58. The van der Waals surface area contributed by atoms with Gasteiger partial charge in [0.25, 0.3) is 0 Å². The van der Waals surface area contributed by atoms with Crippen LogP contribution in [0, 0.1) is 11.3 Å². The quantitative estimate of drug-likeness (QED) is 0.635. The smallest absolute Gasteiger partial charge is 0.376 e. The number of methoxy groups -OCH3 is 1. The lowest BCUT2D eigenvalue weighted by atomic mass is 9.82. The Hall–Kier alpha value is -1.56. The molecule has 1 aliphatic heterocycles.